The zero-order chi connectivity index (χ0) is 23.9. The van der Waals surface area contributed by atoms with Crippen LogP contribution < -0.4 is 9.62 Å². The van der Waals surface area contributed by atoms with Crippen molar-refractivity contribution in [1.82, 2.24) is 10.2 Å². The zero-order valence-electron chi connectivity index (χ0n) is 18.8. The van der Waals surface area contributed by atoms with Gasteiger partial charge >= 0.3 is 0 Å². The Bertz CT molecular complexity index is 1060. The Balaban J connectivity index is 2.45. The molecule has 1 N–H and O–H groups in total. The van der Waals surface area contributed by atoms with Crippen LogP contribution in [-0.2, 0) is 26.2 Å². The smallest absolute Gasteiger partial charge is 0.244 e. The van der Waals surface area contributed by atoms with Gasteiger partial charge in [0.05, 0.1) is 11.9 Å². The highest BCUT2D eigenvalue weighted by atomic mass is 32.2. The molecule has 0 spiro atoms. The summed E-state index contributed by atoms with van der Waals surface area (Å²) in [6, 6.07) is 12.1. The molecule has 2 amide bonds. The van der Waals surface area contributed by atoms with Gasteiger partial charge in [-0.3, -0.25) is 13.9 Å². The number of aryl methyl sites for hydroxylation is 1. The molecule has 0 aliphatic rings. The number of nitrogens with zero attached hydrogens (tertiary/aromatic N) is 2. The van der Waals surface area contributed by atoms with Crippen molar-refractivity contribution in [1.29, 1.82) is 0 Å². The molecule has 0 radical (unpaired) electrons. The molecule has 32 heavy (non-hydrogen) atoms. The predicted molar refractivity (Wildman–Crippen MR) is 123 cm³/mol. The van der Waals surface area contributed by atoms with Crippen molar-refractivity contribution in [2.75, 3.05) is 23.7 Å². The molecular weight excluding hydrogens is 433 g/mol. The summed E-state index contributed by atoms with van der Waals surface area (Å²) in [7, 11) is -3.97. The number of carbonyl (C=O) groups excluding carboxylic acids is 2. The summed E-state index contributed by atoms with van der Waals surface area (Å²) in [6.07, 6.45) is 1.25. The van der Waals surface area contributed by atoms with Gasteiger partial charge in [-0.1, -0.05) is 48.9 Å². The van der Waals surface area contributed by atoms with Crippen molar-refractivity contribution >= 4 is 27.5 Å². The van der Waals surface area contributed by atoms with Crippen LogP contribution in [0.15, 0.2) is 48.5 Å². The van der Waals surface area contributed by atoms with Crippen molar-refractivity contribution < 1.29 is 22.4 Å². The summed E-state index contributed by atoms with van der Waals surface area (Å²) in [5, 5.41) is 2.73. The average Bonchev–Trinajstić information content (AvgIpc) is 2.72. The van der Waals surface area contributed by atoms with E-state index in [1.54, 1.807) is 13.8 Å². The van der Waals surface area contributed by atoms with Crippen LogP contribution in [0.25, 0.3) is 0 Å². The molecule has 2 aromatic carbocycles. The van der Waals surface area contributed by atoms with Crippen molar-refractivity contribution in [2.45, 2.75) is 39.8 Å². The quantitative estimate of drug-likeness (QED) is 0.587. The number of benzene rings is 2. The SMILES string of the molecule is CCNC(=O)[C@H](CC)N(Cc1cccc(C)c1)C(=O)CN(c1ccccc1F)S(C)(=O)=O. The third-order valence-electron chi connectivity index (χ3n) is 4.97. The van der Waals surface area contributed by atoms with Crippen LogP contribution in [0.4, 0.5) is 10.1 Å². The van der Waals surface area contributed by atoms with E-state index in [4.69, 9.17) is 0 Å². The third kappa shape index (κ3) is 6.53. The lowest BCUT2D eigenvalue weighted by Gasteiger charge is -2.33. The summed E-state index contributed by atoms with van der Waals surface area (Å²) in [6.45, 7) is 5.36. The van der Waals surface area contributed by atoms with Crippen LogP contribution in [-0.4, -0.2) is 50.5 Å². The monoisotopic (exact) mass is 463 g/mol. The molecule has 7 nitrogen and oxygen atoms in total. The van der Waals surface area contributed by atoms with Gasteiger partial charge in [0.2, 0.25) is 21.8 Å². The maximum Gasteiger partial charge on any atom is 0.244 e. The Morgan fingerprint density at radius 2 is 1.78 bits per heavy atom. The Kier molecular flexibility index (Phi) is 8.77. The van der Waals surface area contributed by atoms with Gasteiger partial charge in [-0.2, -0.15) is 0 Å². The summed E-state index contributed by atoms with van der Waals surface area (Å²) < 4.78 is 40.0. The topological polar surface area (TPSA) is 86.8 Å². The minimum Gasteiger partial charge on any atom is -0.355 e. The largest absolute Gasteiger partial charge is 0.355 e. The standard InChI is InChI=1S/C23H30FN3O4S/c1-5-20(23(29)25-6-2)26(15-18-11-9-10-17(3)14-18)22(28)16-27(32(4,30)31)21-13-8-7-12-19(21)24/h7-14,20H,5-6,15-16H2,1-4H3,(H,25,29)/t20-/m0/s1. The summed E-state index contributed by atoms with van der Waals surface area (Å²) in [5.41, 5.74) is 1.58. The molecule has 2 rings (SSSR count). The fraction of sp³-hybridized carbons (Fsp3) is 0.391. The number of nitrogens with one attached hydrogen (secondary N) is 1. The van der Waals surface area contributed by atoms with Crippen LogP contribution in [0.5, 0.6) is 0 Å². The molecule has 9 heteroatoms. The number of sulfonamides is 1. The van der Waals surface area contributed by atoms with Gasteiger partial charge < -0.3 is 10.2 Å². The van der Waals surface area contributed by atoms with E-state index < -0.39 is 34.3 Å². The first kappa shape index (κ1) is 25.3. The molecule has 2 aromatic rings. The Morgan fingerprint density at radius 3 is 2.34 bits per heavy atom. The minimum absolute atomic E-state index is 0.116. The second-order valence-corrected chi connectivity index (χ2v) is 9.46. The van der Waals surface area contributed by atoms with Gasteiger partial charge in [-0.25, -0.2) is 12.8 Å². The van der Waals surface area contributed by atoms with E-state index in [9.17, 15) is 22.4 Å². The highest BCUT2D eigenvalue weighted by Gasteiger charge is 2.32. The van der Waals surface area contributed by atoms with Crippen LogP contribution in [0.3, 0.4) is 0 Å². The van der Waals surface area contributed by atoms with Gasteiger partial charge in [0.15, 0.2) is 0 Å². The summed E-state index contributed by atoms with van der Waals surface area (Å²) in [5.74, 6) is -1.68. The van der Waals surface area contributed by atoms with E-state index in [0.717, 1.165) is 27.8 Å². The molecule has 0 aliphatic carbocycles. The second kappa shape index (κ2) is 11.1. The van der Waals surface area contributed by atoms with Gasteiger partial charge in [0.25, 0.3) is 0 Å². The molecule has 0 aromatic heterocycles. The van der Waals surface area contributed by atoms with Crippen molar-refractivity contribution in [3.05, 3.63) is 65.5 Å². The van der Waals surface area contributed by atoms with Gasteiger partial charge in [-0.05, 0) is 38.0 Å². The van der Waals surface area contributed by atoms with Crippen LogP contribution >= 0.6 is 0 Å². The number of hydrogen-bond acceptors (Lipinski definition) is 4. The number of rotatable bonds is 10. The number of halogens is 1. The first-order chi connectivity index (χ1) is 15.1. The Hall–Kier alpha value is -2.94. The minimum atomic E-state index is -3.97. The molecule has 1 atom stereocenters. The van der Waals surface area contributed by atoms with Gasteiger partial charge in [0, 0.05) is 13.1 Å². The number of carbonyl (C=O) groups is 2. The first-order valence-corrected chi connectivity index (χ1v) is 12.3. The van der Waals surface area contributed by atoms with E-state index in [0.29, 0.717) is 13.0 Å². The van der Waals surface area contributed by atoms with Gasteiger partial charge in [0.1, 0.15) is 18.4 Å². The molecular formula is C23H30FN3O4S. The van der Waals surface area contributed by atoms with Crippen LogP contribution in [0, 0.1) is 12.7 Å². The maximum atomic E-state index is 14.4. The molecule has 0 saturated carbocycles. The lowest BCUT2D eigenvalue weighted by molar-refractivity contribution is -0.140. The fourth-order valence-electron chi connectivity index (χ4n) is 3.47. The number of likely N-dealkylation sites (N-methyl/N-ethyl adjacent to an activating group) is 1. The van der Waals surface area contributed by atoms with E-state index in [2.05, 4.69) is 5.32 Å². The van der Waals surface area contributed by atoms with E-state index in [1.807, 2.05) is 31.2 Å². The predicted octanol–water partition coefficient (Wildman–Crippen LogP) is 2.84. The van der Waals surface area contributed by atoms with E-state index >= 15 is 0 Å². The van der Waals surface area contributed by atoms with Crippen LogP contribution in [0.1, 0.15) is 31.4 Å². The highest BCUT2D eigenvalue weighted by Crippen LogP contribution is 2.22. The molecule has 0 fully saturated rings. The van der Waals surface area contributed by atoms with Gasteiger partial charge in [-0.15, -0.1) is 0 Å². The van der Waals surface area contributed by atoms with Crippen molar-refractivity contribution in [2.24, 2.45) is 0 Å². The summed E-state index contributed by atoms with van der Waals surface area (Å²) >= 11 is 0. The number of amides is 2. The van der Waals surface area contributed by atoms with E-state index in [-0.39, 0.29) is 18.1 Å². The molecule has 0 saturated heterocycles. The number of para-hydroxylation sites is 1. The van der Waals surface area contributed by atoms with E-state index in [1.165, 1.54) is 23.1 Å². The highest BCUT2D eigenvalue weighted by molar-refractivity contribution is 7.92. The molecule has 0 heterocycles. The third-order valence-corrected chi connectivity index (χ3v) is 6.10. The normalized spacial score (nSPS) is 12.2. The molecule has 0 bridgehead atoms. The fourth-order valence-corrected chi connectivity index (χ4v) is 4.32. The zero-order valence-corrected chi connectivity index (χ0v) is 19.7. The molecule has 0 aliphatic heterocycles. The van der Waals surface area contributed by atoms with Crippen molar-refractivity contribution in [3.8, 4) is 0 Å². The Morgan fingerprint density at radius 1 is 1.09 bits per heavy atom. The number of hydrogen-bond donors (Lipinski definition) is 1. The van der Waals surface area contributed by atoms with Crippen molar-refractivity contribution in [3.63, 3.8) is 0 Å². The number of anilines is 1. The lowest BCUT2D eigenvalue weighted by atomic mass is 10.1. The average molecular weight is 464 g/mol. The molecule has 174 valence electrons. The maximum absolute atomic E-state index is 14.4. The summed E-state index contributed by atoms with van der Waals surface area (Å²) in [4.78, 5) is 27.4. The Labute approximate surface area is 189 Å². The lowest BCUT2D eigenvalue weighted by Crippen LogP contribution is -2.52. The van der Waals surface area contributed by atoms with Crippen LogP contribution in [0.2, 0.25) is 0 Å². The second-order valence-electron chi connectivity index (χ2n) is 7.55. The molecule has 0 unspecified atom stereocenters. The first-order valence-electron chi connectivity index (χ1n) is 10.4.